The third-order valence-corrected chi connectivity index (χ3v) is 4.98. The van der Waals surface area contributed by atoms with Gasteiger partial charge in [-0.25, -0.2) is 0 Å². The summed E-state index contributed by atoms with van der Waals surface area (Å²) in [4.78, 5) is 26.1. The number of hydrogen-bond acceptors (Lipinski definition) is 8. The maximum absolute atomic E-state index is 11.5. The van der Waals surface area contributed by atoms with Crippen molar-refractivity contribution in [2.75, 3.05) is 6.54 Å². The summed E-state index contributed by atoms with van der Waals surface area (Å²) >= 11 is 0. The number of benzene rings is 1. The van der Waals surface area contributed by atoms with Gasteiger partial charge in [-0.15, -0.1) is 10.2 Å². The third-order valence-electron chi connectivity index (χ3n) is 4.98. The molecule has 1 saturated heterocycles. The Balaban J connectivity index is 1.68. The molecular formula is C18H20N6O4. The molecule has 1 aromatic carbocycles. The zero-order valence-corrected chi connectivity index (χ0v) is 15.3. The molecule has 146 valence electrons. The third kappa shape index (κ3) is 3.58. The number of piperidine rings is 1. The van der Waals surface area contributed by atoms with E-state index in [1.54, 1.807) is 7.05 Å². The minimum atomic E-state index is -0.577. The molecule has 1 aliphatic rings. The first-order valence-corrected chi connectivity index (χ1v) is 8.98. The Labute approximate surface area is 160 Å². The first-order chi connectivity index (χ1) is 13.7. The number of H-pyrrole nitrogens is 1. The number of aromatic amines is 1. The molecule has 1 aliphatic heterocycles. The average Bonchev–Trinajstić information content (AvgIpc) is 3.35. The van der Waals surface area contributed by atoms with E-state index >= 15 is 0 Å². The second-order valence-electron chi connectivity index (χ2n) is 6.72. The molecule has 0 spiro atoms. The van der Waals surface area contributed by atoms with Crippen molar-refractivity contribution < 1.29 is 14.1 Å². The fourth-order valence-electron chi connectivity index (χ4n) is 3.73. The van der Waals surface area contributed by atoms with Crippen LogP contribution in [0, 0.1) is 0 Å². The molecule has 3 atom stereocenters. The van der Waals surface area contributed by atoms with Crippen molar-refractivity contribution >= 4 is 6.47 Å². The lowest BCUT2D eigenvalue weighted by atomic mass is 9.88. The minimum absolute atomic E-state index is 0.0108. The first-order valence-electron chi connectivity index (χ1n) is 8.98. The van der Waals surface area contributed by atoms with E-state index < -0.39 is 6.23 Å². The number of tetrazole rings is 1. The summed E-state index contributed by atoms with van der Waals surface area (Å²) in [6.07, 6.45) is 0.743. The minimum Gasteiger partial charge on any atom is -0.444 e. The number of rotatable bonds is 6. The summed E-state index contributed by atoms with van der Waals surface area (Å²) in [7, 11) is 1.70. The fraction of sp³-hybridized carbons (Fsp3) is 0.389. The van der Waals surface area contributed by atoms with Crippen molar-refractivity contribution in [1.29, 1.82) is 0 Å². The SMILES string of the molecule is Cn1nnc(C2CC(c3cc(=O)[nH]o3)CCN2C(OC=O)c2ccccc2)n1. The highest BCUT2D eigenvalue weighted by Crippen LogP contribution is 2.42. The van der Waals surface area contributed by atoms with Gasteiger partial charge in [-0.05, 0) is 18.1 Å². The Hall–Kier alpha value is -3.27. The molecule has 4 rings (SSSR count). The van der Waals surface area contributed by atoms with Gasteiger partial charge in [-0.3, -0.25) is 14.5 Å². The molecule has 3 unspecified atom stereocenters. The van der Waals surface area contributed by atoms with E-state index in [1.165, 1.54) is 10.9 Å². The molecule has 1 N–H and O–H groups in total. The van der Waals surface area contributed by atoms with Gasteiger partial charge in [0.1, 0.15) is 5.76 Å². The quantitative estimate of drug-likeness (QED) is 0.631. The van der Waals surface area contributed by atoms with E-state index in [0.717, 1.165) is 12.0 Å². The molecule has 10 nitrogen and oxygen atoms in total. The number of carbonyl (C=O) groups is 1. The van der Waals surface area contributed by atoms with Gasteiger partial charge in [0.2, 0.25) is 0 Å². The highest BCUT2D eigenvalue weighted by molar-refractivity contribution is 5.38. The van der Waals surface area contributed by atoms with Crippen LogP contribution in [0.2, 0.25) is 0 Å². The number of hydrogen-bond donors (Lipinski definition) is 1. The van der Waals surface area contributed by atoms with Gasteiger partial charge < -0.3 is 9.26 Å². The molecule has 3 heterocycles. The predicted octanol–water partition coefficient (Wildman–Crippen LogP) is 1.28. The monoisotopic (exact) mass is 384 g/mol. The van der Waals surface area contributed by atoms with Crippen LogP contribution in [0.25, 0.3) is 0 Å². The van der Waals surface area contributed by atoms with Gasteiger partial charge in [-0.1, -0.05) is 30.3 Å². The molecule has 2 aromatic heterocycles. The summed E-state index contributed by atoms with van der Waals surface area (Å²) < 4.78 is 10.8. The van der Waals surface area contributed by atoms with Crippen molar-refractivity contribution in [2.45, 2.75) is 31.0 Å². The van der Waals surface area contributed by atoms with Crippen LogP contribution in [0.4, 0.5) is 0 Å². The molecule has 0 radical (unpaired) electrons. The van der Waals surface area contributed by atoms with Crippen LogP contribution >= 0.6 is 0 Å². The predicted molar refractivity (Wildman–Crippen MR) is 95.9 cm³/mol. The highest BCUT2D eigenvalue weighted by atomic mass is 16.5. The molecule has 28 heavy (non-hydrogen) atoms. The second kappa shape index (κ2) is 7.77. The number of nitrogens with zero attached hydrogens (tertiary/aromatic N) is 5. The standard InChI is InChI=1S/C18H20N6O4/c1-23-20-17(19-22-23)14-9-13(15-10-16(26)21-28-15)7-8-24(14)18(27-11-25)12-5-3-2-4-6-12/h2-6,10-11,13-14,18H,7-9H2,1H3,(H,21,26). The molecule has 0 saturated carbocycles. The summed E-state index contributed by atoms with van der Waals surface area (Å²) in [5.41, 5.74) is 0.591. The van der Waals surface area contributed by atoms with Crippen LogP contribution < -0.4 is 5.56 Å². The number of carbonyl (C=O) groups excluding carboxylic acids is 1. The van der Waals surface area contributed by atoms with Crippen LogP contribution in [-0.4, -0.2) is 43.3 Å². The maximum atomic E-state index is 11.5. The van der Waals surface area contributed by atoms with Gasteiger partial charge >= 0.3 is 0 Å². The Morgan fingerprint density at radius 2 is 2.18 bits per heavy atom. The van der Waals surface area contributed by atoms with Crippen LogP contribution in [0.3, 0.4) is 0 Å². The van der Waals surface area contributed by atoms with Crippen LogP contribution in [0.5, 0.6) is 0 Å². The molecule has 3 aromatic rings. The van der Waals surface area contributed by atoms with Crippen molar-refractivity contribution in [3.05, 3.63) is 63.9 Å². The number of likely N-dealkylation sites (tertiary alicyclic amines) is 1. The van der Waals surface area contributed by atoms with Crippen molar-refractivity contribution in [3.63, 3.8) is 0 Å². The number of aromatic nitrogens is 5. The summed E-state index contributed by atoms with van der Waals surface area (Å²) in [6, 6.07) is 10.7. The highest BCUT2D eigenvalue weighted by Gasteiger charge is 2.39. The van der Waals surface area contributed by atoms with E-state index in [0.29, 0.717) is 31.0 Å². The van der Waals surface area contributed by atoms with Gasteiger partial charge in [-0.2, -0.15) is 9.95 Å². The Bertz CT molecular complexity index is 981. The summed E-state index contributed by atoms with van der Waals surface area (Å²) in [5, 5.41) is 14.8. The van der Waals surface area contributed by atoms with Crippen molar-refractivity contribution in [1.82, 2.24) is 30.3 Å². The molecule has 0 aliphatic carbocycles. The maximum Gasteiger partial charge on any atom is 0.294 e. The Morgan fingerprint density at radius 3 is 2.82 bits per heavy atom. The normalized spacial score (nSPS) is 21.3. The van der Waals surface area contributed by atoms with E-state index in [-0.39, 0.29) is 17.5 Å². The Kier molecular flexibility index (Phi) is 5.02. The van der Waals surface area contributed by atoms with Crippen molar-refractivity contribution in [2.24, 2.45) is 7.05 Å². The Morgan fingerprint density at radius 1 is 1.36 bits per heavy atom. The van der Waals surface area contributed by atoms with E-state index in [1.807, 2.05) is 35.2 Å². The van der Waals surface area contributed by atoms with E-state index in [9.17, 15) is 9.59 Å². The number of ether oxygens (including phenoxy) is 1. The van der Waals surface area contributed by atoms with Crippen molar-refractivity contribution in [3.8, 4) is 0 Å². The summed E-state index contributed by atoms with van der Waals surface area (Å²) in [5.74, 6) is 1.14. The first kappa shape index (κ1) is 18.1. The van der Waals surface area contributed by atoms with E-state index in [4.69, 9.17) is 9.26 Å². The molecule has 10 heteroatoms. The van der Waals surface area contributed by atoms with Gasteiger partial charge in [0.15, 0.2) is 12.1 Å². The fourth-order valence-corrected chi connectivity index (χ4v) is 3.73. The zero-order valence-electron chi connectivity index (χ0n) is 15.3. The lowest BCUT2D eigenvalue weighted by molar-refractivity contribution is -0.150. The van der Waals surface area contributed by atoms with Crippen LogP contribution in [0.1, 0.15) is 48.2 Å². The van der Waals surface area contributed by atoms with Gasteiger partial charge in [0, 0.05) is 24.1 Å². The van der Waals surface area contributed by atoms with Crippen LogP contribution in [-0.2, 0) is 16.6 Å². The number of aryl methyl sites for hydroxylation is 1. The smallest absolute Gasteiger partial charge is 0.294 e. The van der Waals surface area contributed by atoms with Crippen LogP contribution in [0.15, 0.2) is 45.7 Å². The van der Waals surface area contributed by atoms with E-state index in [2.05, 4.69) is 20.6 Å². The van der Waals surface area contributed by atoms with Gasteiger partial charge in [0.25, 0.3) is 12.0 Å². The average molecular weight is 384 g/mol. The topological polar surface area (TPSA) is 119 Å². The molecule has 0 amide bonds. The van der Waals surface area contributed by atoms with Gasteiger partial charge in [0.05, 0.1) is 13.1 Å². The second-order valence-corrected chi connectivity index (χ2v) is 6.72. The molecule has 1 fully saturated rings. The lowest BCUT2D eigenvalue weighted by Gasteiger charge is -2.40. The largest absolute Gasteiger partial charge is 0.444 e. The zero-order chi connectivity index (χ0) is 19.5. The molecular weight excluding hydrogens is 364 g/mol. The lowest BCUT2D eigenvalue weighted by Crippen LogP contribution is -2.40. The number of nitrogens with one attached hydrogen (secondary N) is 1. The molecule has 0 bridgehead atoms. The summed E-state index contributed by atoms with van der Waals surface area (Å²) in [6.45, 7) is 1.05.